The maximum Gasteiger partial charge on any atom is 0.0423 e. The molecule has 2 rings (SSSR count). The van der Waals surface area contributed by atoms with Crippen LogP contribution in [0.3, 0.4) is 0 Å². The third-order valence-corrected chi connectivity index (χ3v) is 2.88. The number of allylic oxidation sites excluding steroid dienone is 1. The van der Waals surface area contributed by atoms with Gasteiger partial charge in [-0.2, -0.15) is 0 Å². The second kappa shape index (κ2) is 4.83. The molecule has 2 nitrogen and oxygen atoms in total. The Morgan fingerprint density at radius 1 is 0.941 bits per heavy atom. The zero-order valence-corrected chi connectivity index (χ0v) is 10.1. The first kappa shape index (κ1) is 11.4. The van der Waals surface area contributed by atoms with Gasteiger partial charge in [0.25, 0.3) is 0 Å². The van der Waals surface area contributed by atoms with Crippen molar-refractivity contribution in [3.05, 3.63) is 65.5 Å². The van der Waals surface area contributed by atoms with Gasteiger partial charge in [0.2, 0.25) is 0 Å². The molecule has 0 spiro atoms. The number of aromatic nitrogens is 1. The van der Waals surface area contributed by atoms with Crippen molar-refractivity contribution in [3.63, 3.8) is 0 Å². The molecule has 1 heterocycles. The standard InChI is InChI=1S/C15H16N2/c1-11-3-5-14(6-4-11)15(16)12(2)13-7-9-17-10-8-13/h3-10H,16H2,1-2H3/b15-12+. The number of pyridine rings is 1. The number of benzene rings is 1. The molecule has 2 aromatic rings. The lowest BCUT2D eigenvalue weighted by Gasteiger charge is -2.08. The van der Waals surface area contributed by atoms with Crippen LogP contribution in [-0.2, 0) is 0 Å². The quantitative estimate of drug-likeness (QED) is 0.850. The first-order valence-electron chi connectivity index (χ1n) is 5.62. The first-order chi connectivity index (χ1) is 8.18. The minimum atomic E-state index is 0.816. The Hall–Kier alpha value is -2.09. The summed E-state index contributed by atoms with van der Waals surface area (Å²) >= 11 is 0. The Labute approximate surface area is 102 Å². The summed E-state index contributed by atoms with van der Waals surface area (Å²) < 4.78 is 0. The van der Waals surface area contributed by atoms with Crippen molar-refractivity contribution in [2.75, 3.05) is 0 Å². The molecule has 0 saturated heterocycles. The maximum absolute atomic E-state index is 6.18. The molecule has 2 heteroatoms. The van der Waals surface area contributed by atoms with Gasteiger partial charge in [0, 0.05) is 18.1 Å². The summed E-state index contributed by atoms with van der Waals surface area (Å²) in [5.74, 6) is 0. The van der Waals surface area contributed by atoms with Crippen molar-refractivity contribution < 1.29 is 0 Å². The number of hydrogen-bond acceptors (Lipinski definition) is 2. The van der Waals surface area contributed by atoms with E-state index in [9.17, 15) is 0 Å². The Morgan fingerprint density at radius 2 is 1.53 bits per heavy atom. The smallest absolute Gasteiger partial charge is 0.0423 e. The Kier molecular flexibility index (Phi) is 3.24. The average Bonchev–Trinajstić information content (AvgIpc) is 2.39. The molecule has 0 unspecified atom stereocenters. The van der Waals surface area contributed by atoms with E-state index in [-0.39, 0.29) is 0 Å². The zero-order chi connectivity index (χ0) is 12.3. The lowest BCUT2D eigenvalue weighted by Crippen LogP contribution is -1.99. The molecule has 0 amide bonds. The predicted molar refractivity (Wildman–Crippen MR) is 72.1 cm³/mol. The molecule has 2 N–H and O–H groups in total. The van der Waals surface area contributed by atoms with E-state index in [1.165, 1.54) is 5.56 Å². The number of hydrogen-bond donors (Lipinski definition) is 1. The molecular formula is C15H16N2. The number of aryl methyl sites for hydroxylation is 1. The third kappa shape index (κ3) is 2.53. The molecule has 17 heavy (non-hydrogen) atoms. The topological polar surface area (TPSA) is 38.9 Å². The maximum atomic E-state index is 6.18. The molecule has 1 aromatic carbocycles. The van der Waals surface area contributed by atoms with Crippen molar-refractivity contribution in [1.82, 2.24) is 4.98 Å². The SMILES string of the molecule is C/C(=C(\N)c1ccc(C)cc1)c1ccncc1. The van der Waals surface area contributed by atoms with Crippen LogP contribution in [0.4, 0.5) is 0 Å². The van der Waals surface area contributed by atoms with Gasteiger partial charge in [0.15, 0.2) is 0 Å². The summed E-state index contributed by atoms with van der Waals surface area (Å²) in [6.07, 6.45) is 3.56. The van der Waals surface area contributed by atoms with E-state index >= 15 is 0 Å². The molecule has 0 aliphatic heterocycles. The lowest BCUT2D eigenvalue weighted by atomic mass is 10.0. The molecule has 0 bridgehead atoms. The normalized spacial score (nSPS) is 12.1. The zero-order valence-electron chi connectivity index (χ0n) is 10.1. The van der Waals surface area contributed by atoms with Gasteiger partial charge in [0.1, 0.15) is 0 Å². The minimum absolute atomic E-state index is 0.816. The molecule has 1 aromatic heterocycles. The number of nitrogens with two attached hydrogens (primary N) is 1. The van der Waals surface area contributed by atoms with Gasteiger partial charge < -0.3 is 5.73 Å². The van der Waals surface area contributed by atoms with Crippen LogP contribution < -0.4 is 5.73 Å². The molecular weight excluding hydrogens is 208 g/mol. The van der Waals surface area contributed by atoms with Gasteiger partial charge in [-0.3, -0.25) is 4.98 Å². The van der Waals surface area contributed by atoms with Gasteiger partial charge in [-0.1, -0.05) is 29.8 Å². The van der Waals surface area contributed by atoms with Crippen molar-refractivity contribution in [2.24, 2.45) is 5.73 Å². The largest absolute Gasteiger partial charge is 0.398 e. The highest BCUT2D eigenvalue weighted by molar-refractivity contribution is 5.88. The van der Waals surface area contributed by atoms with E-state index in [4.69, 9.17) is 5.73 Å². The van der Waals surface area contributed by atoms with Crippen molar-refractivity contribution >= 4 is 11.3 Å². The van der Waals surface area contributed by atoms with Crippen LogP contribution in [0.1, 0.15) is 23.6 Å². The van der Waals surface area contributed by atoms with Crippen molar-refractivity contribution in [3.8, 4) is 0 Å². The molecule has 0 atom stereocenters. The molecule has 0 fully saturated rings. The minimum Gasteiger partial charge on any atom is -0.398 e. The highest BCUT2D eigenvalue weighted by Crippen LogP contribution is 2.21. The molecule has 0 aliphatic carbocycles. The molecule has 0 radical (unpaired) electrons. The Balaban J connectivity index is 2.41. The van der Waals surface area contributed by atoms with Crippen LogP contribution in [0.25, 0.3) is 11.3 Å². The molecule has 0 saturated carbocycles. The Bertz CT molecular complexity index is 525. The summed E-state index contributed by atoms with van der Waals surface area (Å²) in [6.45, 7) is 4.10. The van der Waals surface area contributed by atoms with E-state index in [1.54, 1.807) is 12.4 Å². The van der Waals surface area contributed by atoms with E-state index in [0.717, 1.165) is 22.4 Å². The van der Waals surface area contributed by atoms with E-state index < -0.39 is 0 Å². The van der Waals surface area contributed by atoms with Crippen LogP contribution >= 0.6 is 0 Å². The van der Waals surface area contributed by atoms with E-state index in [1.807, 2.05) is 19.1 Å². The Morgan fingerprint density at radius 3 is 2.12 bits per heavy atom. The van der Waals surface area contributed by atoms with E-state index in [0.29, 0.717) is 0 Å². The van der Waals surface area contributed by atoms with Gasteiger partial charge in [-0.25, -0.2) is 0 Å². The van der Waals surface area contributed by atoms with Crippen LogP contribution in [-0.4, -0.2) is 4.98 Å². The van der Waals surface area contributed by atoms with Crippen molar-refractivity contribution in [1.29, 1.82) is 0 Å². The third-order valence-electron chi connectivity index (χ3n) is 2.88. The van der Waals surface area contributed by atoms with Crippen LogP contribution in [0.15, 0.2) is 48.8 Å². The van der Waals surface area contributed by atoms with Crippen LogP contribution in [0.2, 0.25) is 0 Å². The number of rotatable bonds is 2. The predicted octanol–water partition coefficient (Wildman–Crippen LogP) is 3.24. The second-order valence-corrected chi connectivity index (χ2v) is 4.14. The van der Waals surface area contributed by atoms with Gasteiger partial charge in [-0.15, -0.1) is 0 Å². The summed E-state index contributed by atoms with van der Waals surface area (Å²) in [4.78, 5) is 4.01. The summed E-state index contributed by atoms with van der Waals surface area (Å²) in [5, 5.41) is 0. The highest BCUT2D eigenvalue weighted by atomic mass is 14.6. The van der Waals surface area contributed by atoms with Crippen LogP contribution in [0, 0.1) is 6.92 Å². The first-order valence-corrected chi connectivity index (χ1v) is 5.62. The number of nitrogens with zero attached hydrogens (tertiary/aromatic N) is 1. The fourth-order valence-corrected chi connectivity index (χ4v) is 1.71. The van der Waals surface area contributed by atoms with E-state index in [2.05, 4.69) is 36.2 Å². The highest BCUT2D eigenvalue weighted by Gasteiger charge is 2.03. The summed E-state index contributed by atoms with van der Waals surface area (Å²) in [5.41, 5.74) is 11.5. The fraction of sp³-hybridized carbons (Fsp3) is 0.133. The van der Waals surface area contributed by atoms with Gasteiger partial charge >= 0.3 is 0 Å². The van der Waals surface area contributed by atoms with Gasteiger partial charge in [0.05, 0.1) is 0 Å². The van der Waals surface area contributed by atoms with Crippen molar-refractivity contribution in [2.45, 2.75) is 13.8 Å². The second-order valence-electron chi connectivity index (χ2n) is 4.14. The average molecular weight is 224 g/mol. The summed E-state index contributed by atoms with van der Waals surface area (Å²) in [7, 11) is 0. The summed E-state index contributed by atoms with van der Waals surface area (Å²) in [6, 6.07) is 12.2. The van der Waals surface area contributed by atoms with Crippen LogP contribution in [0.5, 0.6) is 0 Å². The lowest BCUT2D eigenvalue weighted by molar-refractivity contribution is 1.31. The fourth-order valence-electron chi connectivity index (χ4n) is 1.71. The van der Waals surface area contributed by atoms with Gasteiger partial charge in [-0.05, 0) is 42.7 Å². The molecule has 0 aliphatic rings. The molecule has 86 valence electrons. The monoisotopic (exact) mass is 224 g/mol.